The van der Waals surface area contributed by atoms with E-state index in [1.807, 2.05) is 30.3 Å². The van der Waals surface area contributed by atoms with E-state index in [9.17, 15) is 9.90 Å². The number of nitrogens with one attached hydrogen (secondary N) is 2. The van der Waals surface area contributed by atoms with E-state index in [0.717, 1.165) is 46.8 Å². The molecule has 0 radical (unpaired) electrons. The zero-order valence-corrected chi connectivity index (χ0v) is 27.3. The summed E-state index contributed by atoms with van der Waals surface area (Å²) in [4.78, 5) is 20.5. The fourth-order valence-corrected chi connectivity index (χ4v) is 7.95. The monoisotopic (exact) mass is 636 g/mol. The van der Waals surface area contributed by atoms with Crippen LogP contribution in [0.15, 0.2) is 48.5 Å². The van der Waals surface area contributed by atoms with Crippen LogP contribution in [-0.2, 0) is 20.6 Å². The lowest BCUT2D eigenvalue weighted by atomic mass is 9.83. The van der Waals surface area contributed by atoms with Crippen molar-refractivity contribution in [1.29, 1.82) is 0 Å². The summed E-state index contributed by atoms with van der Waals surface area (Å²) in [6.45, 7) is 9.72. The number of ether oxygens (including phenoxy) is 3. The zero-order valence-electron chi connectivity index (χ0n) is 26.5. The van der Waals surface area contributed by atoms with Crippen LogP contribution in [0.1, 0.15) is 63.0 Å². The van der Waals surface area contributed by atoms with Gasteiger partial charge in [0.05, 0.1) is 41.5 Å². The lowest BCUT2D eigenvalue weighted by Gasteiger charge is -2.29. The first kappa shape index (κ1) is 32.2. The number of carbonyl (C=O) groups is 1. The molecule has 0 bridgehead atoms. The summed E-state index contributed by atoms with van der Waals surface area (Å²) in [5.41, 5.74) is 3.24. The molecule has 1 aromatic heterocycles. The van der Waals surface area contributed by atoms with Crippen LogP contribution < -0.4 is 10.6 Å². The average Bonchev–Trinajstić information content (AvgIpc) is 3.83. The van der Waals surface area contributed by atoms with Crippen molar-refractivity contribution in [1.82, 2.24) is 15.2 Å². The maximum Gasteiger partial charge on any atom is 0.407 e. The molecular weight excluding hydrogens is 588 g/mol. The van der Waals surface area contributed by atoms with E-state index in [1.54, 1.807) is 11.3 Å². The highest BCUT2D eigenvalue weighted by Crippen LogP contribution is 2.35. The summed E-state index contributed by atoms with van der Waals surface area (Å²) in [7, 11) is 0. The van der Waals surface area contributed by atoms with Crippen LogP contribution in [0.3, 0.4) is 0 Å². The standard InChI is InChI=1S/C35H48N4O5S/c1-23(2)18-26(25-10-11-28-32(21-25)45-34(37-28)36-13-16-39-14-6-7-15-39)20-30(40)29(19-24-8-4-3-5-9-24)38-35(41)44-31-22-43-33-27(31)12-17-42-33/h3-5,8-11,21,23,26-27,29-31,33,40H,6-7,12-20,22H2,1-2H3,(H,36,37)(H,38,41)/t26?,27-,29-,30+,31-,33+/m0/s1. The number of carbonyl (C=O) groups excluding carboxylic acids is 1. The Balaban J connectivity index is 1.13. The largest absolute Gasteiger partial charge is 0.443 e. The van der Waals surface area contributed by atoms with Gasteiger partial charge >= 0.3 is 6.09 Å². The van der Waals surface area contributed by atoms with Crippen LogP contribution in [0.25, 0.3) is 10.2 Å². The third-order valence-corrected chi connectivity index (χ3v) is 10.4. The molecule has 10 heteroatoms. The molecule has 0 spiro atoms. The smallest absolute Gasteiger partial charge is 0.407 e. The van der Waals surface area contributed by atoms with E-state index in [1.165, 1.54) is 31.5 Å². The molecule has 3 saturated heterocycles. The SMILES string of the molecule is CC(C)CC(C[C@@H](O)[C@H](Cc1ccccc1)NC(=O)O[C@H]1CO[C@H]2OCC[C@H]21)c1ccc2nc(NCCN3CCCC3)sc2c1. The Kier molecular flexibility index (Phi) is 10.9. The average molecular weight is 637 g/mol. The molecule has 244 valence electrons. The predicted molar refractivity (Wildman–Crippen MR) is 178 cm³/mol. The molecule has 1 amide bonds. The van der Waals surface area contributed by atoms with Gasteiger partial charge in [-0.2, -0.15) is 0 Å². The number of nitrogens with zero attached hydrogens (tertiary/aromatic N) is 2. The molecule has 4 heterocycles. The fourth-order valence-electron chi connectivity index (χ4n) is 7.01. The van der Waals surface area contributed by atoms with Crippen molar-refractivity contribution in [3.63, 3.8) is 0 Å². The Morgan fingerprint density at radius 2 is 1.96 bits per heavy atom. The highest BCUT2D eigenvalue weighted by molar-refractivity contribution is 7.22. The summed E-state index contributed by atoms with van der Waals surface area (Å²) >= 11 is 1.69. The number of likely N-dealkylation sites (tertiary alicyclic amines) is 1. The first-order valence-electron chi connectivity index (χ1n) is 16.7. The van der Waals surface area contributed by atoms with E-state index < -0.39 is 18.2 Å². The van der Waals surface area contributed by atoms with Gasteiger partial charge in [-0.25, -0.2) is 9.78 Å². The van der Waals surface area contributed by atoms with E-state index >= 15 is 0 Å². The molecule has 2 aromatic carbocycles. The van der Waals surface area contributed by atoms with Crippen molar-refractivity contribution in [2.24, 2.45) is 11.8 Å². The molecule has 0 saturated carbocycles. The van der Waals surface area contributed by atoms with Gasteiger partial charge in [0.25, 0.3) is 0 Å². The van der Waals surface area contributed by atoms with Gasteiger partial charge in [-0.15, -0.1) is 0 Å². The van der Waals surface area contributed by atoms with E-state index in [4.69, 9.17) is 19.2 Å². The predicted octanol–water partition coefficient (Wildman–Crippen LogP) is 5.78. The van der Waals surface area contributed by atoms with Crippen LogP contribution in [0.4, 0.5) is 9.93 Å². The van der Waals surface area contributed by atoms with E-state index in [0.29, 0.717) is 32.0 Å². The Morgan fingerprint density at radius 1 is 1.13 bits per heavy atom. The minimum atomic E-state index is -0.774. The number of anilines is 1. The highest BCUT2D eigenvalue weighted by atomic mass is 32.1. The normalized spacial score (nSPS) is 23.7. The molecule has 3 aliphatic heterocycles. The number of fused-ring (bicyclic) bond motifs is 2. The molecule has 3 aromatic rings. The van der Waals surface area contributed by atoms with Crippen molar-refractivity contribution in [2.75, 3.05) is 44.7 Å². The molecule has 3 N–H and O–H groups in total. The molecule has 1 unspecified atom stereocenters. The summed E-state index contributed by atoms with van der Waals surface area (Å²) in [6, 6.07) is 16.0. The van der Waals surface area contributed by atoms with Gasteiger partial charge in [-0.05, 0) is 86.7 Å². The molecule has 3 aliphatic rings. The van der Waals surface area contributed by atoms with Crippen LogP contribution in [0.2, 0.25) is 0 Å². The zero-order chi connectivity index (χ0) is 31.2. The molecule has 9 nitrogen and oxygen atoms in total. The minimum Gasteiger partial charge on any atom is -0.443 e. The lowest BCUT2D eigenvalue weighted by molar-refractivity contribution is -0.0907. The second-order valence-corrected chi connectivity index (χ2v) is 14.3. The van der Waals surface area contributed by atoms with Gasteiger partial charge in [0.2, 0.25) is 0 Å². The van der Waals surface area contributed by atoms with Gasteiger partial charge < -0.3 is 34.9 Å². The second-order valence-electron chi connectivity index (χ2n) is 13.3. The van der Waals surface area contributed by atoms with Crippen LogP contribution in [0, 0.1) is 11.8 Å². The third-order valence-electron chi connectivity index (χ3n) is 9.38. The Hall–Kier alpha value is -2.76. The summed E-state index contributed by atoms with van der Waals surface area (Å²) in [5.74, 6) is 0.622. The number of thiazole rings is 1. The minimum absolute atomic E-state index is 0.0612. The van der Waals surface area contributed by atoms with Gasteiger partial charge in [-0.3, -0.25) is 0 Å². The maximum absolute atomic E-state index is 13.2. The number of aromatic nitrogens is 1. The van der Waals surface area contributed by atoms with Gasteiger partial charge in [0, 0.05) is 13.1 Å². The van der Waals surface area contributed by atoms with Gasteiger partial charge in [0.1, 0.15) is 6.10 Å². The molecular formula is C35H48N4O5S. The van der Waals surface area contributed by atoms with Crippen molar-refractivity contribution >= 4 is 32.8 Å². The number of aliphatic hydroxyl groups excluding tert-OH is 1. The number of hydrogen-bond donors (Lipinski definition) is 3. The van der Waals surface area contributed by atoms with Crippen molar-refractivity contribution in [2.45, 2.75) is 82.8 Å². The van der Waals surface area contributed by atoms with E-state index in [2.05, 4.69) is 47.6 Å². The first-order chi connectivity index (χ1) is 21.9. The Labute approximate surface area is 270 Å². The third kappa shape index (κ3) is 8.54. The highest BCUT2D eigenvalue weighted by Gasteiger charge is 2.44. The quantitative estimate of drug-likeness (QED) is 0.205. The summed E-state index contributed by atoms with van der Waals surface area (Å²) in [6.07, 6.45) is 3.44. The molecule has 6 atom stereocenters. The van der Waals surface area contributed by atoms with Crippen LogP contribution >= 0.6 is 11.3 Å². The number of aliphatic hydroxyl groups is 1. The number of benzene rings is 2. The topological polar surface area (TPSA) is 105 Å². The van der Waals surface area contributed by atoms with Crippen LogP contribution in [0.5, 0.6) is 0 Å². The molecule has 6 rings (SSSR count). The fraction of sp³-hybridized carbons (Fsp3) is 0.600. The van der Waals surface area contributed by atoms with E-state index in [-0.39, 0.29) is 24.2 Å². The van der Waals surface area contributed by atoms with Crippen molar-refractivity contribution in [3.8, 4) is 0 Å². The number of rotatable bonds is 14. The van der Waals surface area contributed by atoms with Gasteiger partial charge in [0.15, 0.2) is 11.4 Å². The maximum atomic E-state index is 13.2. The summed E-state index contributed by atoms with van der Waals surface area (Å²) < 4.78 is 18.2. The number of alkyl carbamates (subject to hydrolysis) is 1. The molecule has 45 heavy (non-hydrogen) atoms. The van der Waals surface area contributed by atoms with Crippen molar-refractivity contribution < 1.29 is 24.1 Å². The Bertz CT molecular complexity index is 1380. The molecule has 0 aliphatic carbocycles. The lowest BCUT2D eigenvalue weighted by Crippen LogP contribution is -2.47. The number of amides is 1. The molecule has 3 fully saturated rings. The van der Waals surface area contributed by atoms with Crippen LogP contribution in [-0.4, -0.2) is 85.0 Å². The summed E-state index contributed by atoms with van der Waals surface area (Å²) in [5, 5.41) is 19.2. The van der Waals surface area contributed by atoms with Gasteiger partial charge in [-0.1, -0.05) is 61.6 Å². The number of hydrogen-bond acceptors (Lipinski definition) is 9. The van der Waals surface area contributed by atoms with Crippen molar-refractivity contribution in [3.05, 3.63) is 59.7 Å². The first-order valence-corrected chi connectivity index (χ1v) is 17.5. The Morgan fingerprint density at radius 3 is 2.76 bits per heavy atom. The second kappa shape index (κ2) is 15.2.